The molecule has 0 N–H and O–H groups in total. The summed E-state index contributed by atoms with van der Waals surface area (Å²) in [5.74, 6) is 0.00400. The molecule has 4 heteroatoms. The first-order chi connectivity index (χ1) is 11.4. The quantitative estimate of drug-likeness (QED) is 0.798. The standard InChI is InChI=1S/C20H26N2O2/c1-13(2)12-22-19(23)17(16-8-7-14(3)11-15(16)4)18(20(22)24)21-9-5-6-10-21/h7-8,11,13H,5-6,9-10,12H2,1-4H3. The number of carbonyl (C=O) groups is 2. The first-order valence-electron chi connectivity index (χ1n) is 8.83. The molecule has 0 bridgehead atoms. The van der Waals surface area contributed by atoms with Crippen LogP contribution in [0, 0.1) is 19.8 Å². The molecule has 0 aromatic heterocycles. The maximum atomic E-state index is 13.1. The second-order valence-corrected chi connectivity index (χ2v) is 7.35. The van der Waals surface area contributed by atoms with Crippen molar-refractivity contribution in [2.75, 3.05) is 19.6 Å². The van der Waals surface area contributed by atoms with Crippen LogP contribution in [0.2, 0.25) is 0 Å². The number of imide groups is 1. The summed E-state index contributed by atoms with van der Waals surface area (Å²) in [6.45, 7) is 10.3. The molecule has 1 aromatic carbocycles. The van der Waals surface area contributed by atoms with Crippen molar-refractivity contribution in [3.05, 3.63) is 40.6 Å². The molecule has 1 fully saturated rings. The molecule has 24 heavy (non-hydrogen) atoms. The summed E-state index contributed by atoms with van der Waals surface area (Å²) in [7, 11) is 0. The number of likely N-dealkylation sites (tertiary alicyclic amines) is 1. The van der Waals surface area contributed by atoms with E-state index in [4.69, 9.17) is 0 Å². The average molecular weight is 326 g/mol. The highest BCUT2D eigenvalue weighted by molar-refractivity contribution is 6.35. The van der Waals surface area contributed by atoms with Gasteiger partial charge in [0.05, 0.1) is 5.57 Å². The number of rotatable bonds is 4. The molecule has 2 heterocycles. The van der Waals surface area contributed by atoms with E-state index >= 15 is 0 Å². The lowest BCUT2D eigenvalue weighted by Gasteiger charge is -2.21. The molecule has 2 amide bonds. The molecule has 0 atom stereocenters. The van der Waals surface area contributed by atoms with Gasteiger partial charge < -0.3 is 4.90 Å². The van der Waals surface area contributed by atoms with Crippen LogP contribution in [0.1, 0.15) is 43.4 Å². The number of amides is 2. The summed E-state index contributed by atoms with van der Waals surface area (Å²) in [5.41, 5.74) is 4.32. The zero-order valence-corrected chi connectivity index (χ0v) is 15.1. The topological polar surface area (TPSA) is 40.6 Å². The van der Waals surface area contributed by atoms with Crippen molar-refractivity contribution in [3.8, 4) is 0 Å². The molecule has 4 nitrogen and oxygen atoms in total. The fraction of sp³-hybridized carbons (Fsp3) is 0.500. The van der Waals surface area contributed by atoms with Crippen LogP contribution < -0.4 is 0 Å². The van der Waals surface area contributed by atoms with Gasteiger partial charge in [0.15, 0.2) is 0 Å². The van der Waals surface area contributed by atoms with E-state index in [1.165, 1.54) is 4.90 Å². The lowest BCUT2D eigenvalue weighted by atomic mass is 9.97. The zero-order chi connectivity index (χ0) is 17.4. The Labute approximate surface area is 144 Å². The Balaban J connectivity index is 2.11. The van der Waals surface area contributed by atoms with Gasteiger partial charge in [0.25, 0.3) is 11.8 Å². The van der Waals surface area contributed by atoms with Gasteiger partial charge in [-0.25, -0.2) is 0 Å². The van der Waals surface area contributed by atoms with Gasteiger partial charge in [0.1, 0.15) is 5.70 Å². The number of nitrogens with zero attached hydrogens (tertiary/aromatic N) is 2. The van der Waals surface area contributed by atoms with Crippen LogP contribution in [0.4, 0.5) is 0 Å². The maximum absolute atomic E-state index is 13.1. The smallest absolute Gasteiger partial charge is 0.277 e. The number of benzene rings is 1. The summed E-state index contributed by atoms with van der Waals surface area (Å²) in [6.07, 6.45) is 2.16. The summed E-state index contributed by atoms with van der Waals surface area (Å²) < 4.78 is 0. The van der Waals surface area contributed by atoms with Crippen LogP contribution in [0.5, 0.6) is 0 Å². The van der Waals surface area contributed by atoms with Crippen molar-refractivity contribution in [2.45, 2.75) is 40.5 Å². The highest BCUT2D eigenvalue weighted by Gasteiger charge is 2.42. The number of hydrogen-bond donors (Lipinski definition) is 0. The van der Waals surface area contributed by atoms with Gasteiger partial charge in [0.2, 0.25) is 0 Å². The van der Waals surface area contributed by atoms with Gasteiger partial charge >= 0.3 is 0 Å². The van der Waals surface area contributed by atoms with Crippen molar-refractivity contribution in [1.82, 2.24) is 9.80 Å². The number of aryl methyl sites for hydroxylation is 2. The van der Waals surface area contributed by atoms with E-state index < -0.39 is 0 Å². The molecule has 1 aromatic rings. The van der Waals surface area contributed by atoms with E-state index in [9.17, 15) is 9.59 Å². The predicted molar refractivity (Wildman–Crippen MR) is 95.2 cm³/mol. The largest absolute Gasteiger partial charge is 0.366 e. The Morgan fingerprint density at radius 1 is 1.04 bits per heavy atom. The zero-order valence-electron chi connectivity index (χ0n) is 15.1. The van der Waals surface area contributed by atoms with Crippen LogP contribution in [-0.4, -0.2) is 41.2 Å². The van der Waals surface area contributed by atoms with Crippen LogP contribution in [0.3, 0.4) is 0 Å². The SMILES string of the molecule is Cc1ccc(C2=C(N3CCCC3)C(=O)N(CC(C)C)C2=O)c(C)c1. The highest BCUT2D eigenvalue weighted by Crippen LogP contribution is 2.35. The van der Waals surface area contributed by atoms with Gasteiger partial charge in [-0.2, -0.15) is 0 Å². The molecule has 0 radical (unpaired) electrons. The van der Waals surface area contributed by atoms with E-state index in [1.807, 2.05) is 39.8 Å². The minimum absolute atomic E-state index is 0.120. The van der Waals surface area contributed by atoms with Crippen molar-refractivity contribution < 1.29 is 9.59 Å². The first kappa shape index (κ1) is 16.7. The van der Waals surface area contributed by atoms with Gasteiger partial charge in [-0.3, -0.25) is 14.5 Å². The average Bonchev–Trinajstić information content (AvgIpc) is 3.10. The van der Waals surface area contributed by atoms with Gasteiger partial charge in [-0.1, -0.05) is 37.6 Å². The Morgan fingerprint density at radius 3 is 2.29 bits per heavy atom. The van der Waals surface area contributed by atoms with E-state index in [2.05, 4.69) is 11.0 Å². The molecule has 2 aliphatic rings. The van der Waals surface area contributed by atoms with Crippen molar-refractivity contribution in [2.24, 2.45) is 5.92 Å². The lowest BCUT2D eigenvalue weighted by Crippen LogP contribution is -2.37. The second kappa shape index (κ2) is 6.42. The summed E-state index contributed by atoms with van der Waals surface area (Å²) in [5, 5.41) is 0. The monoisotopic (exact) mass is 326 g/mol. The molecule has 0 aliphatic carbocycles. The summed E-state index contributed by atoms with van der Waals surface area (Å²) in [6, 6.07) is 6.08. The molecule has 0 spiro atoms. The van der Waals surface area contributed by atoms with Gasteiger partial charge in [-0.15, -0.1) is 0 Å². The van der Waals surface area contributed by atoms with Crippen LogP contribution >= 0.6 is 0 Å². The summed E-state index contributed by atoms with van der Waals surface area (Å²) >= 11 is 0. The number of carbonyl (C=O) groups excluding carboxylic acids is 2. The van der Waals surface area contributed by atoms with E-state index in [0.717, 1.165) is 42.6 Å². The third-order valence-electron chi connectivity index (χ3n) is 4.76. The van der Waals surface area contributed by atoms with E-state index in [-0.39, 0.29) is 17.7 Å². The van der Waals surface area contributed by atoms with Crippen LogP contribution in [0.25, 0.3) is 5.57 Å². The van der Waals surface area contributed by atoms with E-state index in [1.54, 1.807) is 0 Å². The Bertz CT molecular complexity index is 712. The second-order valence-electron chi connectivity index (χ2n) is 7.35. The maximum Gasteiger partial charge on any atom is 0.277 e. The summed E-state index contributed by atoms with van der Waals surface area (Å²) in [4.78, 5) is 29.6. The molecular formula is C20H26N2O2. The fourth-order valence-corrected chi connectivity index (χ4v) is 3.67. The Kier molecular flexibility index (Phi) is 4.48. The molecule has 128 valence electrons. The highest BCUT2D eigenvalue weighted by atomic mass is 16.2. The molecule has 0 unspecified atom stereocenters. The lowest BCUT2D eigenvalue weighted by molar-refractivity contribution is -0.138. The third kappa shape index (κ3) is 2.85. The van der Waals surface area contributed by atoms with Gasteiger partial charge in [-0.05, 0) is 43.7 Å². The van der Waals surface area contributed by atoms with Crippen molar-refractivity contribution in [3.63, 3.8) is 0 Å². The van der Waals surface area contributed by atoms with E-state index in [0.29, 0.717) is 17.8 Å². The Morgan fingerprint density at radius 2 is 1.71 bits per heavy atom. The fourth-order valence-electron chi connectivity index (χ4n) is 3.67. The van der Waals surface area contributed by atoms with Crippen molar-refractivity contribution in [1.29, 1.82) is 0 Å². The van der Waals surface area contributed by atoms with Crippen LogP contribution in [0.15, 0.2) is 23.9 Å². The Hall–Kier alpha value is -2.10. The minimum Gasteiger partial charge on any atom is -0.366 e. The predicted octanol–water partition coefficient (Wildman–Crippen LogP) is 3.14. The molecule has 3 rings (SSSR count). The number of hydrogen-bond acceptors (Lipinski definition) is 3. The third-order valence-corrected chi connectivity index (χ3v) is 4.76. The molecular weight excluding hydrogens is 300 g/mol. The normalized spacial score (nSPS) is 18.5. The van der Waals surface area contributed by atoms with Crippen molar-refractivity contribution >= 4 is 17.4 Å². The minimum atomic E-state index is -0.137. The van der Waals surface area contributed by atoms with Crippen LogP contribution in [-0.2, 0) is 9.59 Å². The molecule has 1 saturated heterocycles. The molecule has 2 aliphatic heterocycles. The first-order valence-corrected chi connectivity index (χ1v) is 8.83. The van der Waals surface area contributed by atoms with Gasteiger partial charge in [0, 0.05) is 19.6 Å². The molecule has 0 saturated carbocycles.